The SMILES string of the molecule is CNCn1c(=O)[nH]c2cc(C(F)(F)F)ccc2c1=O. The van der Waals surface area contributed by atoms with Gasteiger partial charge in [0.25, 0.3) is 5.56 Å². The van der Waals surface area contributed by atoms with Gasteiger partial charge in [0.15, 0.2) is 0 Å². The molecule has 5 nitrogen and oxygen atoms in total. The van der Waals surface area contributed by atoms with Crippen molar-refractivity contribution in [1.29, 1.82) is 0 Å². The molecule has 2 N–H and O–H groups in total. The van der Waals surface area contributed by atoms with Crippen LogP contribution in [0.1, 0.15) is 5.56 Å². The van der Waals surface area contributed by atoms with Crippen LogP contribution in [0.3, 0.4) is 0 Å². The molecule has 19 heavy (non-hydrogen) atoms. The summed E-state index contributed by atoms with van der Waals surface area (Å²) in [5, 5.41) is 2.66. The molecule has 0 aliphatic carbocycles. The van der Waals surface area contributed by atoms with E-state index in [-0.39, 0.29) is 17.6 Å². The molecule has 0 unspecified atom stereocenters. The Labute approximate surface area is 104 Å². The lowest BCUT2D eigenvalue weighted by Gasteiger charge is -2.09. The average molecular weight is 273 g/mol. The zero-order valence-electron chi connectivity index (χ0n) is 9.84. The molecule has 1 aromatic carbocycles. The Bertz CT molecular complexity index is 731. The van der Waals surface area contributed by atoms with E-state index in [0.29, 0.717) is 0 Å². The van der Waals surface area contributed by atoms with Crippen molar-refractivity contribution in [2.45, 2.75) is 12.8 Å². The number of alkyl halides is 3. The quantitative estimate of drug-likeness (QED) is 0.853. The first-order valence-electron chi connectivity index (χ1n) is 5.33. The standard InChI is InChI=1S/C11H10F3N3O2/c1-15-5-17-9(18)7-3-2-6(11(12,13)14)4-8(7)16-10(17)19/h2-4,15H,5H2,1H3,(H,16,19). The number of hydrogen-bond acceptors (Lipinski definition) is 3. The molecule has 0 radical (unpaired) electrons. The third-order valence-electron chi connectivity index (χ3n) is 2.63. The number of hydrogen-bond donors (Lipinski definition) is 2. The van der Waals surface area contributed by atoms with Gasteiger partial charge in [-0.1, -0.05) is 0 Å². The minimum absolute atomic E-state index is 0.0227. The van der Waals surface area contributed by atoms with Crippen LogP contribution in [0.4, 0.5) is 13.2 Å². The Hall–Kier alpha value is -2.09. The van der Waals surface area contributed by atoms with Gasteiger partial charge in [0.05, 0.1) is 23.1 Å². The maximum absolute atomic E-state index is 12.5. The highest BCUT2D eigenvalue weighted by atomic mass is 19.4. The summed E-state index contributed by atoms with van der Waals surface area (Å²) in [6.07, 6.45) is -4.52. The van der Waals surface area contributed by atoms with Gasteiger partial charge in [0.1, 0.15) is 0 Å². The first-order chi connectivity index (χ1) is 8.84. The molecule has 0 saturated heterocycles. The third-order valence-corrected chi connectivity index (χ3v) is 2.63. The Morgan fingerprint density at radius 1 is 1.32 bits per heavy atom. The van der Waals surface area contributed by atoms with Gasteiger partial charge >= 0.3 is 11.9 Å². The molecule has 2 aromatic rings. The highest BCUT2D eigenvalue weighted by Crippen LogP contribution is 2.30. The lowest BCUT2D eigenvalue weighted by atomic mass is 10.1. The zero-order valence-corrected chi connectivity index (χ0v) is 9.84. The molecule has 0 fully saturated rings. The molecule has 0 aliphatic heterocycles. The monoisotopic (exact) mass is 273 g/mol. The lowest BCUT2D eigenvalue weighted by Crippen LogP contribution is -2.38. The van der Waals surface area contributed by atoms with Crippen molar-refractivity contribution in [2.75, 3.05) is 7.05 Å². The van der Waals surface area contributed by atoms with Crippen LogP contribution in [0.2, 0.25) is 0 Å². The van der Waals surface area contributed by atoms with Crippen molar-refractivity contribution in [1.82, 2.24) is 14.9 Å². The van der Waals surface area contributed by atoms with E-state index in [0.717, 1.165) is 22.8 Å². The van der Waals surface area contributed by atoms with Gasteiger partial charge in [0, 0.05) is 0 Å². The van der Waals surface area contributed by atoms with Gasteiger partial charge in [0.2, 0.25) is 0 Å². The summed E-state index contributed by atoms with van der Waals surface area (Å²) in [5.74, 6) is 0. The number of nitrogens with one attached hydrogen (secondary N) is 2. The van der Waals surface area contributed by atoms with E-state index < -0.39 is 23.0 Å². The van der Waals surface area contributed by atoms with E-state index in [1.165, 1.54) is 0 Å². The highest BCUT2D eigenvalue weighted by molar-refractivity contribution is 5.78. The molecule has 0 saturated carbocycles. The van der Waals surface area contributed by atoms with E-state index in [2.05, 4.69) is 10.3 Å². The molecule has 2 rings (SSSR count). The zero-order chi connectivity index (χ0) is 14.2. The number of benzene rings is 1. The van der Waals surface area contributed by atoms with Crippen molar-refractivity contribution >= 4 is 10.9 Å². The van der Waals surface area contributed by atoms with Crippen LogP contribution in [0.15, 0.2) is 27.8 Å². The number of H-pyrrole nitrogens is 1. The van der Waals surface area contributed by atoms with Gasteiger partial charge in [-0.25, -0.2) is 9.36 Å². The van der Waals surface area contributed by atoms with E-state index in [1.807, 2.05) is 0 Å². The van der Waals surface area contributed by atoms with Crippen molar-refractivity contribution in [3.8, 4) is 0 Å². The molecule has 8 heteroatoms. The smallest absolute Gasteiger partial charge is 0.307 e. The summed E-state index contributed by atoms with van der Waals surface area (Å²) >= 11 is 0. The minimum atomic E-state index is -4.52. The Morgan fingerprint density at radius 2 is 2.00 bits per heavy atom. The molecule has 0 amide bonds. The van der Waals surface area contributed by atoms with E-state index in [9.17, 15) is 22.8 Å². The van der Waals surface area contributed by atoms with E-state index in [4.69, 9.17) is 0 Å². The van der Waals surface area contributed by atoms with Crippen molar-refractivity contribution in [2.24, 2.45) is 0 Å². The average Bonchev–Trinajstić information content (AvgIpc) is 2.32. The van der Waals surface area contributed by atoms with Crippen molar-refractivity contribution in [3.63, 3.8) is 0 Å². The molecular weight excluding hydrogens is 263 g/mol. The predicted octanol–water partition coefficient (Wildman–Crippen LogP) is 0.886. The number of aromatic amines is 1. The number of halogens is 3. The summed E-state index contributed by atoms with van der Waals surface area (Å²) in [6, 6.07) is 2.62. The number of fused-ring (bicyclic) bond motifs is 1. The van der Waals surface area contributed by atoms with Gasteiger partial charge < -0.3 is 10.3 Å². The van der Waals surface area contributed by atoms with Gasteiger partial charge in [-0.15, -0.1) is 0 Å². The van der Waals surface area contributed by atoms with Crippen LogP contribution < -0.4 is 16.6 Å². The van der Waals surface area contributed by atoms with Crippen LogP contribution in [0.5, 0.6) is 0 Å². The number of nitrogens with zero attached hydrogens (tertiary/aromatic N) is 1. The van der Waals surface area contributed by atoms with Crippen molar-refractivity contribution < 1.29 is 13.2 Å². The normalized spacial score (nSPS) is 12.0. The number of rotatable bonds is 2. The fourth-order valence-corrected chi connectivity index (χ4v) is 1.73. The topological polar surface area (TPSA) is 66.9 Å². The Kier molecular flexibility index (Phi) is 3.19. The second-order valence-electron chi connectivity index (χ2n) is 3.93. The largest absolute Gasteiger partial charge is 0.416 e. The maximum atomic E-state index is 12.5. The molecule has 1 heterocycles. The van der Waals surface area contributed by atoms with E-state index in [1.54, 1.807) is 7.05 Å². The summed E-state index contributed by atoms with van der Waals surface area (Å²) in [4.78, 5) is 25.8. The first kappa shape index (κ1) is 13.3. The van der Waals surface area contributed by atoms with Crippen LogP contribution in [-0.4, -0.2) is 16.6 Å². The molecule has 0 spiro atoms. The molecule has 1 aromatic heterocycles. The van der Waals surface area contributed by atoms with Crippen molar-refractivity contribution in [3.05, 3.63) is 44.6 Å². The molecule has 0 bridgehead atoms. The Morgan fingerprint density at radius 3 is 2.58 bits per heavy atom. The molecule has 0 atom stereocenters. The van der Waals surface area contributed by atoms with Gasteiger partial charge in [-0.2, -0.15) is 13.2 Å². The van der Waals surface area contributed by atoms with Crippen LogP contribution >= 0.6 is 0 Å². The maximum Gasteiger partial charge on any atom is 0.416 e. The highest BCUT2D eigenvalue weighted by Gasteiger charge is 2.30. The first-order valence-corrected chi connectivity index (χ1v) is 5.33. The lowest BCUT2D eigenvalue weighted by molar-refractivity contribution is -0.137. The summed E-state index contributed by atoms with van der Waals surface area (Å²) in [7, 11) is 1.54. The summed E-state index contributed by atoms with van der Waals surface area (Å²) in [6.45, 7) is -0.0227. The second kappa shape index (κ2) is 4.54. The molecule has 0 aliphatic rings. The minimum Gasteiger partial charge on any atom is -0.307 e. The van der Waals surface area contributed by atoms with Gasteiger partial charge in [-0.3, -0.25) is 4.79 Å². The Balaban J connectivity index is 2.75. The van der Waals surface area contributed by atoms with Gasteiger partial charge in [-0.05, 0) is 25.2 Å². The van der Waals surface area contributed by atoms with Crippen LogP contribution in [0, 0.1) is 0 Å². The molecule has 102 valence electrons. The summed E-state index contributed by atoms with van der Waals surface area (Å²) in [5.41, 5.74) is -2.44. The molecular formula is C11H10F3N3O2. The fourth-order valence-electron chi connectivity index (χ4n) is 1.73. The van der Waals surface area contributed by atoms with Crippen LogP contribution in [0.25, 0.3) is 10.9 Å². The second-order valence-corrected chi connectivity index (χ2v) is 3.93. The third kappa shape index (κ3) is 2.39. The predicted molar refractivity (Wildman–Crippen MR) is 62.9 cm³/mol. The van der Waals surface area contributed by atoms with E-state index >= 15 is 0 Å². The van der Waals surface area contributed by atoms with Crippen LogP contribution in [-0.2, 0) is 12.8 Å². The number of aromatic nitrogens is 2. The summed E-state index contributed by atoms with van der Waals surface area (Å²) < 4.78 is 38.5. The fraction of sp³-hybridized carbons (Fsp3) is 0.273.